The molecule has 6 heteroatoms. The largest absolute Gasteiger partial charge is 0.398 e. The third-order valence-corrected chi connectivity index (χ3v) is 4.93. The zero-order valence-electron chi connectivity index (χ0n) is 17.6. The maximum atomic E-state index is 12.6. The van der Waals surface area contributed by atoms with Gasteiger partial charge in [0.2, 0.25) is 0 Å². The van der Waals surface area contributed by atoms with Crippen molar-refractivity contribution >= 4 is 29.3 Å². The number of anilines is 2. The maximum Gasteiger partial charge on any atom is 0.322 e. The molecule has 0 unspecified atom stereocenters. The molecule has 0 radical (unpaired) electrons. The lowest BCUT2D eigenvalue weighted by Gasteiger charge is -2.30. The lowest BCUT2D eigenvalue weighted by molar-refractivity contribution is 0.204. The smallest absolute Gasteiger partial charge is 0.322 e. The molecule has 154 valence electrons. The molecule has 0 bridgehead atoms. The van der Waals surface area contributed by atoms with Crippen LogP contribution in [0.5, 0.6) is 0 Å². The molecule has 1 heterocycles. The molecule has 0 saturated heterocycles. The van der Waals surface area contributed by atoms with Crippen molar-refractivity contribution in [2.24, 2.45) is 4.99 Å². The van der Waals surface area contributed by atoms with E-state index in [2.05, 4.69) is 16.4 Å². The van der Waals surface area contributed by atoms with Crippen LogP contribution in [0.4, 0.5) is 16.2 Å². The quantitative estimate of drug-likeness (QED) is 0.372. The first-order valence-corrected chi connectivity index (χ1v) is 9.81. The first-order chi connectivity index (χ1) is 14.4. The first kappa shape index (κ1) is 21.0. The Labute approximate surface area is 177 Å². The summed E-state index contributed by atoms with van der Waals surface area (Å²) in [6, 6.07) is 11.6. The predicted molar refractivity (Wildman–Crippen MR) is 124 cm³/mol. The number of nitrogen functional groups attached to an aromatic ring is 1. The van der Waals surface area contributed by atoms with Crippen LogP contribution in [-0.4, -0.2) is 29.9 Å². The number of hydrogen-bond donors (Lipinski definition) is 3. The fraction of sp³-hybridized carbons (Fsp3) is 0.208. The van der Waals surface area contributed by atoms with Crippen molar-refractivity contribution in [3.8, 4) is 0 Å². The van der Waals surface area contributed by atoms with Crippen LogP contribution < -0.4 is 11.1 Å². The summed E-state index contributed by atoms with van der Waals surface area (Å²) in [6.45, 7) is 4.91. The number of benzene rings is 2. The standard InChI is InChI=1S/C24H27N5O/c1-4-6-18(9-10-27-3)23(26)20-12-19-15-29(14-17-8-5-7-16(2)11-17)24(30)28-22(19)13-21(20)25/h4-13,26H,14-15,25H2,1-3H3,(H,28,30)/b6-4+,18-9+,26-23?,27-10?. The molecule has 6 nitrogen and oxygen atoms in total. The first-order valence-electron chi connectivity index (χ1n) is 9.81. The Morgan fingerprint density at radius 2 is 2.13 bits per heavy atom. The van der Waals surface area contributed by atoms with Crippen LogP contribution in [0.2, 0.25) is 0 Å². The second-order valence-corrected chi connectivity index (χ2v) is 7.28. The number of carbonyl (C=O) groups is 1. The van der Waals surface area contributed by atoms with E-state index in [4.69, 9.17) is 11.1 Å². The van der Waals surface area contributed by atoms with Crippen molar-refractivity contribution < 1.29 is 4.79 Å². The van der Waals surface area contributed by atoms with Crippen molar-refractivity contribution in [3.63, 3.8) is 0 Å². The third kappa shape index (κ3) is 4.66. The Hall–Kier alpha value is -3.67. The Morgan fingerprint density at radius 3 is 2.83 bits per heavy atom. The molecule has 1 aliphatic rings. The number of nitrogens with one attached hydrogen (secondary N) is 2. The van der Waals surface area contributed by atoms with Gasteiger partial charge in [0, 0.05) is 48.9 Å². The summed E-state index contributed by atoms with van der Waals surface area (Å²) in [5.74, 6) is 0. The molecule has 0 aliphatic carbocycles. The normalized spacial score (nSPS) is 14.3. The highest BCUT2D eigenvalue weighted by atomic mass is 16.2. The van der Waals surface area contributed by atoms with Crippen LogP contribution in [0.15, 0.2) is 65.2 Å². The average Bonchev–Trinajstić information content (AvgIpc) is 2.71. The number of nitrogens with zero attached hydrogens (tertiary/aromatic N) is 2. The number of urea groups is 1. The molecule has 2 amide bonds. The van der Waals surface area contributed by atoms with Crippen molar-refractivity contribution in [1.29, 1.82) is 5.41 Å². The van der Waals surface area contributed by atoms with Gasteiger partial charge in [-0.15, -0.1) is 0 Å². The molecule has 0 aromatic heterocycles. The van der Waals surface area contributed by atoms with E-state index in [1.54, 1.807) is 30.3 Å². The van der Waals surface area contributed by atoms with E-state index in [1.807, 2.05) is 50.3 Å². The Bertz CT molecular complexity index is 1070. The summed E-state index contributed by atoms with van der Waals surface area (Å²) in [7, 11) is 1.69. The Morgan fingerprint density at radius 1 is 1.33 bits per heavy atom. The Kier molecular flexibility index (Phi) is 6.47. The van der Waals surface area contributed by atoms with Gasteiger partial charge in [0.05, 0.1) is 5.71 Å². The van der Waals surface area contributed by atoms with Gasteiger partial charge in [0.15, 0.2) is 0 Å². The molecule has 0 spiro atoms. The van der Waals surface area contributed by atoms with Gasteiger partial charge in [-0.1, -0.05) is 42.0 Å². The fourth-order valence-electron chi connectivity index (χ4n) is 3.47. The summed E-state index contributed by atoms with van der Waals surface area (Å²) in [5.41, 5.74) is 12.2. The maximum absolute atomic E-state index is 12.6. The Balaban J connectivity index is 1.91. The van der Waals surface area contributed by atoms with Crippen molar-refractivity contribution in [1.82, 2.24) is 4.90 Å². The van der Waals surface area contributed by atoms with E-state index < -0.39 is 0 Å². The number of fused-ring (bicyclic) bond motifs is 1. The molecule has 0 saturated carbocycles. The molecule has 0 atom stereocenters. The monoisotopic (exact) mass is 401 g/mol. The minimum atomic E-state index is -0.153. The van der Waals surface area contributed by atoms with Gasteiger partial charge in [-0.25, -0.2) is 4.79 Å². The second-order valence-electron chi connectivity index (χ2n) is 7.28. The number of hydrogen-bond acceptors (Lipinski definition) is 4. The van der Waals surface area contributed by atoms with E-state index in [1.165, 1.54) is 0 Å². The highest BCUT2D eigenvalue weighted by Gasteiger charge is 2.24. The summed E-state index contributed by atoms with van der Waals surface area (Å²) >= 11 is 0. The van der Waals surface area contributed by atoms with Crippen LogP contribution in [-0.2, 0) is 13.1 Å². The predicted octanol–water partition coefficient (Wildman–Crippen LogP) is 4.70. The van der Waals surface area contributed by atoms with Crippen LogP contribution in [0.25, 0.3) is 0 Å². The summed E-state index contributed by atoms with van der Waals surface area (Å²) < 4.78 is 0. The lowest BCUT2D eigenvalue weighted by atomic mass is 9.96. The number of carbonyl (C=O) groups excluding carboxylic acids is 1. The number of rotatable bonds is 6. The van der Waals surface area contributed by atoms with E-state index >= 15 is 0 Å². The number of aryl methyl sites for hydroxylation is 1. The minimum Gasteiger partial charge on any atom is -0.398 e. The van der Waals surface area contributed by atoms with Gasteiger partial charge in [0.25, 0.3) is 0 Å². The van der Waals surface area contributed by atoms with Gasteiger partial charge in [-0.05, 0) is 43.2 Å². The van der Waals surface area contributed by atoms with Gasteiger partial charge < -0.3 is 16.0 Å². The fourth-order valence-corrected chi connectivity index (χ4v) is 3.47. The molecule has 0 fully saturated rings. The van der Waals surface area contributed by atoms with Crippen molar-refractivity contribution in [3.05, 3.63) is 82.5 Å². The number of allylic oxidation sites excluding steroid dienone is 4. The summed E-state index contributed by atoms with van der Waals surface area (Å²) in [4.78, 5) is 18.3. The zero-order chi connectivity index (χ0) is 21.7. The highest BCUT2D eigenvalue weighted by Crippen LogP contribution is 2.30. The van der Waals surface area contributed by atoms with E-state index in [0.717, 1.165) is 16.7 Å². The SMILES string of the molecule is C/C=C/C(=C\C=NC)C(=N)c1cc2c(cc1N)NC(=O)N(Cc1cccc(C)c1)C2. The van der Waals surface area contributed by atoms with Crippen LogP contribution in [0, 0.1) is 12.3 Å². The molecule has 1 aliphatic heterocycles. The highest BCUT2D eigenvalue weighted by molar-refractivity contribution is 6.17. The molecule has 30 heavy (non-hydrogen) atoms. The molecule has 4 N–H and O–H groups in total. The molecular formula is C24H27N5O. The number of amides is 2. The molecule has 3 rings (SSSR count). The van der Waals surface area contributed by atoms with Crippen LogP contribution in [0.3, 0.4) is 0 Å². The van der Waals surface area contributed by atoms with Crippen molar-refractivity contribution in [2.45, 2.75) is 26.9 Å². The zero-order valence-corrected chi connectivity index (χ0v) is 17.6. The van der Waals surface area contributed by atoms with Gasteiger partial charge in [-0.2, -0.15) is 0 Å². The third-order valence-electron chi connectivity index (χ3n) is 4.93. The second kappa shape index (κ2) is 9.22. The van der Waals surface area contributed by atoms with Crippen molar-refractivity contribution in [2.75, 3.05) is 18.1 Å². The number of nitrogens with two attached hydrogens (primary N) is 1. The minimum absolute atomic E-state index is 0.153. The summed E-state index contributed by atoms with van der Waals surface area (Å²) in [5, 5.41) is 11.6. The van der Waals surface area contributed by atoms with E-state index in [-0.39, 0.29) is 6.03 Å². The van der Waals surface area contributed by atoms with Crippen LogP contribution >= 0.6 is 0 Å². The van der Waals surface area contributed by atoms with E-state index in [9.17, 15) is 4.79 Å². The summed E-state index contributed by atoms with van der Waals surface area (Å²) in [6.07, 6.45) is 7.17. The lowest BCUT2D eigenvalue weighted by Crippen LogP contribution is -2.38. The van der Waals surface area contributed by atoms with Crippen LogP contribution in [0.1, 0.15) is 29.2 Å². The van der Waals surface area contributed by atoms with E-state index in [0.29, 0.717) is 41.3 Å². The molecule has 2 aromatic carbocycles. The number of aliphatic imine (C=N–C) groups is 1. The van der Waals surface area contributed by atoms with Gasteiger partial charge >= 0.3 is 6.03 Å². The topological polar surface area (TPSA) is 94.6 Å². The average molecular weight is 402 g/mol. The molecular weight excluding hydrogens is 374 g/mol. The van der Waals surface area contributed by atoms with Gasteiger partial charge in [0.1, 0.15) is 0 Å². The van der Waals surface area contributed by atoms with Gasteiger partial charge in [-0.3, -0.25) is 10.4 Å². The molecule has 2 aromatic rings.